The molecule has 0 radical (unpaired) electrons. The molecule has 152 valence electrons. The Labute approximate surface area is 181 Å². The van der Waals surface area contributed by atoms with Crippen molar-refractivity contribution in [1.82, 2.24) is 9.97 Å². The molecule has 3 heterocycles. The molecule has 1 aliphatic rings. The van der Waals surface area contributed by atoms with E-state index in [1.165, 1.54) is 27.5 Å². The molecule has 0 amide bonds. The average molecular weight is 405 g/mol. The van der Waals surface area contributed by atoms with Crippen LogP contribution in [0.5, 0.6) is 0 Å². The Morgan fingerprint density at radius 2 is 1.81 bits per heavy atom. The van der Waals surface area contributed by atoms with Crippen molar-refractivity contribution in [3.63, 3.8) is 0 Å². The first kappa shape index (κ1) is 18.3. The van der Waals surface area contributed by atoms with Crippen LogP contribution < -0.4 is 0 Å². The highest BCUT2D eigenvalue weighted by Crippen LogP contribution is 2.43. The molecule has 0 saturated heterocycles. The minimum absolute atomic E-state index is 0.0317. The fourth-order valence-electron chi connectivity index (χ4n) is 4.95. The van der Waals surface area contributed by atoms with Crippen molar-refractivity contribution in [3.05, 3.63) is 83.8 Å². The summed E-state index contributed by atoms with van der Waals surface area (Å²) in [6.07, 6.45) is 7.61. The molecule has 0 aliphatic heterocycles. The Balaban J connectivity index is 1.66. The molecule has 1 aliphatic carbocycles. The van der Waals surface area contributed by atoms with E-state index in [2.05, 4.69) is 68.2 Å². The summed E-state index contributed by atoms with van der Waals surface area (Å²) in [7, 11) is 0. The highest BCUT2D eigenvalue weighted by molar-refractivity contribution is 6.01. The van der Waals surface area contributed by atoms with Gasteiger partial charge in [0.05, 0.1) is 11.1 Å². The van der Waals surface area contributed by atoms with Gasteiger partial charge >= 0.3 is 0 Å². The van der Waals surface area contributed by atoms with Crippen LogP contribution >= 0.6 is 0 Å². The number of aryl methyl sites for hydroxylation is 2. The second kappa shape index (κ2) is 6.52. The van der Waals surface area contributed by atoms with Gasteiger partial charge < -0.3 is 4.42 Å². The second-order valence-corrected chi connectivity index (χ2v) is 9.47. The van der Waals surface area contributed by atoms with E-state index in [1.54, 1.807) is 0 Å². The van der Waals surface area contributed by atoms with Crippen molar-refractivity contribution >= 4 is 21.7 Å². The third kappa shape index (κ3) is 2.80. The van der Waals surface area contributed by atoms with Crippen LogP contribution in [-0.4, -0.2) is 9.97 Å². The van der Waals surface area contributed by atoms with Crippen molar-refractivity contribution in [2.45, 2.75) is 39.0 Å². The quantitative estimate of drug-likeness (QED) is 0.299. The predicted molar refractivity (Wildman–Crippen MR) is 126 cm³/mol. The maximum absolute atomic E-state index is 6.38. The van der Waals surface area contributed by atoms with Gasteiger partial charge in [-0.05, 0) is 64.4 Å². The summed E-state index contributed by atoms with van der Waals surface area (Å²) in [6.45, 7) is 6.82. The van der Waals surface area contributed by atoms with E-state index in [0.29, 0.717) is 0 Å². The predicted octanol–water partition coefficient (Wildman–Crippen LogP) is 7.11. The van der Waals surface area contributed by atoms with Crippen molar-refractivity contribution in [2.75, 3.05) is 0 Å². The van der Waals surface area contributed by atoms with Crippen LogP contribution in [0.25, 0.3) is 44.3 Å². The van der Waals surface area contributed by atoms with Gasteiger partial charge in [-0.2, -0.15) is 0 Å². The van der Waals surface area contributed by atoms with E-state index >= 15 is 0 Å². The summed E-state index contributed by atoms with van der Waals surface area (Å²) in [5.41, 5.74) is 8.09. The third-order valence-corrected chi connectivity index (χ3v) is 6.44. The van der Waals surface area contributed by atoms with Gasteiger partial charge in [0.2, 0.25) is 0 Å². The van der Waals surface area contributed by atoms with Gasteiger partial charge in [-0.1, -0.05) is 45.0 Å². The molecule has 0 atom stereocenters. The lowest BCUT2D eigenvalue weighted by atomic mass is 9.82. The van der Waals surface area contributed by atoms with E-state index in [9.17, 15) is 0 Å². The van der Waals surface area contributed by atoms with E-state index in [-0.39, 0.29) is 5.41 Å². The topological polar surface area (TPSA) is 38.9 Å². The number of aromatic nitrogens is 2. The van der Waals surface area contributed by atoms with Gasteiger partial charge in [-0.15, -0.1) is 0 Å². The zero-order chi connectivity index (χ0) is 21.2. The van der Waals surface area contributed by atoms with E-state index < -0.39 is 0 Å². The third-order valence-electron chi connectivity index (χ3n) is 6.44. The Morgan fingerprint density at radius 1 is 0.935 bits per heavy atom. The van der Waals surface area contributed by atoms with Crippen LogP contribution in [-0.2, 0) is 18.3 Å². The summed E-state index contributed by atoms with van der Waals surface area (Å²) in [4.78, 5) is 9.21. The van der Waals surface area contributed by atoms with E-state index in [1.807, 2.05) is 24.7 Å². The summed E-state index contributed by atoms with van der Waals surface area (Å²) in [6, 6.07) is 17.3. The molecule has 0 N–H and O–H groups in total. The summed E-state index contributed by atoms with van der Waals surface area (Å²) in [5, 5.41) is 3.69. The number of rotatable bonds is 1. The zero-order valence-electron chi connectivity index (χ0n) is 18.1. The van der Waals surface area contributed by atoms with Crippen molar-refractivity contribution in [1.29, 1.82) is 0 Å². The number of furan rings is 1. The Hall–Kier alpha value is -3.46. The molecule has 3 nitrogen and oxygen atoms in total. The molecule has 3 heteroatoms. The number of pyridine rings is 2. The molecule has 0 saturated carbocycles. The monoisotopic (exact) mass is 404 g/mol. The molecule has 0 fully saturated rings. The number of benzene rings is 2. The summed E-state index contributed by atoms with van der Waals surface area (Å²) >= 11 is 0. The van der Waals surface area contributed by atoms with E-state index in [0.717, 1.165) is 46.4 Å². The highest BCUT2D eigenvalue weighted by atomic mass is 16.3. The van der Waals surface area contributed by atoms with Crippen LogP contribution in [0.15, 0.2) is 71.5 Å². The standard InChI is InChI=1S/C28H24N2O/c1-28(2,3)23-15-19(14-18-6-4-5-7-20(18)23)26-25-21-9-8-17-10-12-29-16-22(17)27(21)31-24(25)11-13-30-26/h4-7,10-16H,8-9H2,1-3H3. The maximum Gasteiger partial charge on any atom is 0.140 e. The molecule has 0 bridgehead atoms. The first-order chi connectivity index (χ1) is 15.0. The van der Waals surface area contributed by atoms with Crippen LogP contribution in [0.1, 0.15) is 37.5 Å². The first-order valence-electron chi connectivity index (χ1n) is 10.9. The maximum atomic E-state index is 6.38. The molecular formula is C28H24N2O. The average Bonchev–Trinajstić information content (AvgIpc) is 3.17. The van der Waals surface area contributed by atoms with Crippen LogP contribution in [0.4, 0.5) is 0 Å². The molecule has 0 spiro atoms. The van der Waals surface area contributed by atoms with Crippen LogP contribution in [0.3, 0.4) is 0 Å². The van der Waals surface area contributed by atoms with Crippen molar-refractivity contribution in [3.8, 4) is 22.6 Å². The van der Waals surface area contributed by atoms with Crippen LogP contribution in [0, 0.1) is 0 Å². The van der Waals surface area contributed by atoms with Gasteiger partial charge in [0, 0.05) is 35.3 Å². The van der Waals surface area contributed by atoms with Gasteiger partial charge in [0.15, 0.2) is 0 Å². The highest BCUT2D eigenvalue weighted by Gasteiger charge is 2.26. The fraction of sp³-hybridized carbons (Fsp3) is 0.214. The number of nitrogens with zero attached hydrogens (tertiary/aromatic N) is 2. The van der Waals surface area contributed by atoms with Gasteiger partial charge in [0.1, 0.15) is 11.3 Å². The molecular weight excluding hydrogens is 380 g/mol. The first-order valence-corrected chi connectivity index (χ1v) is 10.9. The lowest BCUT2D eigenvalue weighted by molar-refractivity contribution is 0.596. The van der Waals surface area contributed by atoms with Gasteiger partial charge in [-0.3, -0.25) is 9.97 Å². The number of fused-ring (bicyclic) bond motifs is 6. The summed E-state index contributed by atoms with van der Waals surface area (Å²) in [5.74, 6) is 0.954. The lowest BCUT2D eigenvalue weighted by Gasteiger charge is -2.23. The normalized spacial score (nSPS) is 13.4. The van der Waals surface area contributed by atoms with Crippen molar-refractivity contribution < 1.29 is 4.42 Å². The summed E-state index contributed by atoms with van der Waals surface area (Å²) < 4.78 is 6.38. The zero-order valence-corrected chi connectivity index (χ0v) is 18.1. The fourth-order valence-corrected chi connectivity index (χ4v) is 4.95. The van der Waals surface area contributed by atoms with Crippen molar-refractivity contribution in [2.24, 2.45) is 0 Å². The lowest BCUT2D eigenvalue weighted by Crippen LogP contribution is -2.12. The molecule has 3 aromatic heterocycles. The molecule has 2 aromatic carbocycles. The molecule has 31 heavy (non-hydrogen) atoms. The Morgan fingerprint density at radius 3 is 2.68 bits per heavy atom. The Kier molecular flexibility index (Phi) is 3.85. The van der Waals surface area contributed by atoms with Crippen LogP contribution in [0.2, 0.25) is 0 Å². The van der Waals surface area contributed by atoms with Gasteiger partial charge in [-0.25, -0.2) is 0 Å². The minimum atomic E-state index is 0.0317. The molecule has 0 unspecified atom stereocenters. The number of hydrogen-bond donors (Lipinski definition) is 0. The minimum Gasteiger partial charge on any atom is -0.456 e. The largest absolute Gasteiger partial charge is 0.456 e. The molecule has 6 rings (SSSR count). The molecule has 5 aromatic rings. The van der Waals surface area contributed by atoms with E-state index in [4.69, 9.17) is 9.40 Å². The number of hydrogen-bond acceptors (Lipinski definition) is 3. The van der Waals surface area contributed by atoms with Gasteiger partial charge in [0.25, 0.3) is 0 Å². The smallest absolute Gasteiger partial charge is 0.140 e. The SMILES string of the molecule is CC(C)(C)c1cc(-c2nccc3oc4c(c23)CCc2ccncc2-4)cc2ccccc12. The second-order valence-electron chi connectivity index (χ2n) is 9.47. The Bertz CT molecular complexity index is 1470.